The maximum atomic E-state index is 6.27. The standard InChI is InChI=1S/C25H49NO/c1-22(2)14-12-10-9-11-13-21(17-22)25(7)18-23(3,4)15-16-27-24(5,6)19-26(8)20-25/h21H,9-20H2,1-8H3. The van der Waals surface area contributed by atoms with E-state index in [2.05, 4.69) is 60.4 Å². The predicted octanol–water partition coefficient (Wildman–Crippen LogP) is 6.93. The zero-order valence-electron chi connectivity index (χ0n) is 19.9. The van der Waals surface area contributed by atoms with Gasteiger partial charge in [0.05, 0.1) is 5.60 Å². The first kappa shape index (κ1) is 23.2. The number of likely N-dealkylation sites (N-methyl/N-ethyl adjacent to an activating group) is 1. The quantitative estimate of drug-likeness (QED) is 0.490. The molecule has 0 aromatic rings. The maximum Gasteiger partial charge on any atom is 0.0752 e. The largest absolute Gasteiger partial charge is 0.374 e. The molecule has 2 fully saturated rings. The van der Waals surface area contributed by atoms with E-state index in [1.54, 1.807) is 0 Å². The summed E-state index contributed by atoms with van der Waals surface area (Å²) in [6, 6.07) is 0. The van der Waals surface area contributed by atoms with Crippen molar-refractivity contribution in [3.05, 3.63) is 0 Å². The molecule has 0 amide bonds. The molecule has 0 aromatic carbocycles. The molecule has 160 valence electrons. The fourth-order valence-electron chi connectivity index (χ4n) is 6.30. The van der Waals surface area contributed by atoms with Gasteiger partial charge < -0.3 is 9.64 Å². The second-order valence-electron chi connectivity index (χ2n) is 12.5. The first-order valence-corrected chi connectivity index (χ1v) is 11.7. The van der Waals surface area contributed by atoms with Gasteiger partial charge in [-0.1, -0.05) is 60.3 Å². The van der Waals surface area contributed by atoms with Gasteiger partial charge in [-0.15, -0.1) is 0 Å². The monoisotopic (exact) mass is 379 g/mol. The van der Waals surface area contributed by atoms with Gasteiger partial charge in [-0.05, 0) is 75.2 Å². The molecule has 2 heteroatoms. The normalized spacial score (nSPS) is 36.2. The number of nitrogens with zero attached hydrogens (tertiary/aromatic N) is 1. The van der Waals surface area contributed by atoms with Crippen LogP contribution < -0.4 is 0 Å². The van der Waals surface area contributed by atoms with Gasteiger partial charge in [-0.2, -0.15) is 0 Å². The van der Waals surface area contributed by atoms with Crippen molar-refractivity contribution in [2.75, 3.05) is 26.7 Å². The van der Waals surface area contributed by atoms with Crippen molar-refractivity contribution in [2.24, 2.45) is 22.2 Å². The third-order valence-corrected chi connectivity index (χ3v) is 7.38. The first-order valence-electron chi connectivity index (χ1n) is 11.7. The number of hydrogen-bond acceptors (Lipinski definition) is 2. The zero-order valence-corrected chi connectivity index (χ0v) is 19.9. The van der Waals surface area contributed by atoms with E-state index in [0.717, 1.165) is 19.1 Å². The SMILES string of the molecule is CN1CC(C)(C)OCCC(C)(C)CC(C)(C2CCCCCCC(C)(C)C2)C1. The molecule has 0 bridgehead atoms. The third-order valence-electron chi connectivity index (χ3n) is 7.38. The second kappa shape index (κ2) is 8.74. The van der Waals surface area contributed by atoms with E-state index < -0.39 is 0 Å². The maximum absolute atomic E-state index is 6.27. The minimum Gasteiger partial charge on any atom is -0.374 e. The van der Waals surface area contributed by atoms with Crippen LogP contribution in [0.2, 0.25) is 0 Å². The second-order valence-corrected chi connectivity index (χ2v) is 12.5. The highest BCUT2D eigenvalue weighted by molar-refractivity contribution is 4.94. The van der Waals surface area contributed by atoms with Gasteiger partial charge in [0.15, 0.2) is 0 Å². The molecule has 1 aliphatic heterocycles. The minimum atomic E-state index is -0.0548. The van der Waals surface area contributed by atoms with Crippen molar-refractivity contribution in [3.63, 3.8) is 0 Å². The van der Waals surface area contributed by atoms with E-state index in [-0.39, 0.29) is 5.60 Å². The van der Waals surface area contributed by atoms with Crippen LogP contribution in [0, 0.1) is 22.2 Å². The van der Waals surface area contributed by atoms with Crippen molar-refractivity contribution in [2.45, 2.75) is 112 Å². The summed E-state index contributed by atoms with van der Waals surface area (Å²) in [5.74, 6) is 0.829. The summed E-state index contributed by atoms with van der Waals surface area (Å²) in [4.78, 5) is 2.57. The Morgan fingerprint density at radius 1 is 0.778 bits per heavy atom. The summed E-state index contributed by atoms with van der Waals surface area (Å²) >= 11 is 0. The molecule has 1 saturated heterocycles. The Morgan fingerprint density at radius 2 is 1.44 bits per heavy atom. The first-order chi connectivity index (χ1) is 12.3. The fraction of sp³-hybridized carbons (Fsp3) is 1.00. The molecule has 0 spiro atoms. The van der Waals surface area contributed by atoms with Crippen LogP contribution in [0.5, 0.6) is 0 Å². The van der Waals surface area contributed by atoms with E-state index in [0.29, 0.717) is 16.2 Å². The molecule has 2 nitrogen and oxygen atoms in total. The lowest BCUT2D eigenvalue weighted by atomic mass is 9.61. The average Bonchev–Trinajstić information content (AvgIpc) is 2.54. The molecule has 1 heterocycles. The van der Waals surface area contributed by atoms with Crippen molar-refractivity contribution in [1.82, 2.24) is 4.90 Å². The van der Waals surface area contributed by atoms with Crippen LogP contribution in [0.4, 0.5) is 0 Å². The van der Waals surface area contributed by atoms with E-state index in [4.69, 9.17) is 4.74 Å². The molecular formula is C25H49NO. The number of ether oxygens (including phenoxy) is 1. The van der Waals surface area contributed by atoms with Gasteiger partial charge in [0.25, 0.3) is 0 Å². The highest BCUT2D eigenvalue weighted by Crippen LogP contribution is 2.49. The van der Waals surface area contributed by atoms with E-state index >= 15 is 0 Å². The van der Waals surface area contributed by atoms with Crippen LogP contribution in [0.25, 0.3) is 0 Å². The van der Waals surface area contributed by atoms with Crippen LogP contribution in [0.15, 0.2) is 0 Å². The smallest absolute Gasteiger partial charge is 0.0752 e. The molecule has 27 heavy (non-hydrogen) atoms. The Morgan fingerprint density at radius 3 is 2.15 bits per heavy atom. The van der Waals surface area contributed by atoms with E-state index in [1.165, 1.54) is 64.3 Å². The Kier molecular flexibility index (Phi) is 7.51. The molecule has 2 rings (SSSR count). The van der Waals surface area contributed by atoms with Crippen LogP contribution in [0.1, 0.15) is 106 Å². The van der Waals surface area contributed by atoms with Gasteiger partial charge >= 0.3 is 0 Å². The molecule has 0 radical (unpaired) electrons. The Balaban J connectivity index is 2.30. The fourth-order valence-corrected chi connectivity index (χ4v) is 6.30. The van der Waals surface area contributed by atoms with Gasteiger partial charge in [-0.3, -0.25) is 0 Å². The Bertz CT molecular complexity index is 467. The molecule has 0 aromatic heterocycles. The van der Waals surface area contributed by atoms with Crippen molar-refractivity contribution < 1.29 is 4.74 Å². The molecule has 0 N–H and O–H groups in total. The number of hydrogen-bond donors (Lipinski definition) is 0. The topological polar surface area (TPSA) is 12.5 Å². The highest BCUT2D eigenvalue weighted by atomic mass is 16.5. The number of rotatable bonds is 1. The molecule has 2 unspecified atom stereocenters. The van der Waals surface area contributed by atoms with Gasteiger partial charge in [0.2, 0.25) is 0 Å². The molecule has 2 atom stereocenters. The highest BCUT2D eigenvalue weighted by Gasteiger charge is 2.43. The lowest BCUT2D eigenvalue weighted by molar-refractivity contribution is -0.0748. The summed E-state index contributed by atoms with van der Waals surface area (Å²) in [5.41, 5.74) is 1.15. The summed E-state index contributed by atoms with van der Waals surface area (Å²) in [6.45, 7) is 20.3. The van der Waals surface area contributed by atoms with Crippen LogP contribution >= 0.6 is 0 Å². The molecule has 1 aliphatic carbocycles. The summed E-state index contributed by atoms with van der Waals surface area (Å²) in [5, 5.41) is 0. The van der Waals surface area contributed by atoms with Gasteiger partial charge in [0.1, 0.15) is 0 Å². The Labute approximate surface area is 170 Å². The molecular weight excluding hydrogens is 330 g/mol. The average molecular weight is 380 g/mol. The van der Waals surface area contributed by atoms with Crippen molar-refractivity contribution in [1.29, 1.82) is 0 Å². The minimum absolute atomic E-state index is 0.0548. The third kappa shape index (κ3) is 7.35. The molecule has 1 saturated carbocycles. The van der Waals surface area contributed by atoms with Crippen LogP contribution in [-0.4, -0.2) is 37.2 Å². The zero-order chi connectivity index (χ0) is 20.3. The van der Waals surface area contributed by atoms with Crippen LogP contribution in [0.3, 0.4) is 0 Å². The predicted molar refractivity (Wildman–Crippen MR) is 118 cm³/mol. The summed E-state index contributed by atoms with van der Waals surface area (Å²) < 4.78 is 6.27. The lowest BCUT2D eigenvalue weighted by Crippen LogP contribution is -2.49. The summed E-state index contributed by atoms with van der Waals surface area (Å²) in [6.07, 6.45) is 12.4. The van der Waals surface area contributed by atoms with Crippen LogP contribution in [-0.2, 0) is 4.74 Å². The van der Waals surface area contributed by atoms with E-state index in [9.17, 15) is 0 Å². The molecule has 2 aliphatic rings. The van der Waals surface area contributed by atoms with Crippen molar-refractivity contribution in [3.8, 4) is 0 Å². The van der Waals surface area contributed by atoms with Gasteiger partial charge in [0, 0.05) is 19.7 Å². The summed E-state index contributed by atoms with van der Waals surface area (Å²) in [7, 11) is 2.32. The lowest BCUT2D eigenvalue weighted by Gasteiger charge is -2.49. The van der Waals surface area contributed by atoms with E-state index in [1.807, 2.05) is 0 Å². The Hall–Kier alpha value is -0.0800. The van der Waals surface area contributed by atoms with Crippen molar-refractivity contribution >= 4 is 0 Å². The van der Waals surface area contributed by atoms with Gasteiger partial charge in [-0.25, -0.2) is 0 Å².